The van der Waals surface area contributed by atoms with Crippen molar-refractivity contribution in [3.05, 3.63) is 70.8 Å². The molecular weight excluding hydrogens is 412 g/mol. The van der Waals surface area contributed by atoms with E-state index in [4.69, 9.17) is 18.7 Å². The highest BCUT2D eigenvalue weighted by Crippen LogP contribution is 2.35. The highest BCUT2D eigenvalue weighted by Gasteiger charge is 2.15. The molecule has 0 fully saturated rings. The second-order valence-corrected chi connectivity index (χ2v) is 7.07. The van der Waals surface area contributed by atoms with Crippen molar-refractivity contribution in [2.45, 2.75) is 19.9 Å². The number of aromatic nitrogens is 4. The summed E-state index contributed by atoms with van der Waals surface area (Å²) in [5.74, 6) is 2.99. The second kappa shape index (κ2) is 8.54. The van der Waals surface area contributed by atoms with E-state index in [1.54, 1.807) is 6.07 Å². The van der Waals surface area contributed by atoms with Crippen molar-refractivity contribution in [3.63, 3.8) is 0 Å². The fourth-order valence-corrected chi connectivity index (χ4v) is 3.39. The maximum atomic E-state index is 12.3. The molecule has 2 aromatic heterocycles. The van der Waals surface area contributed by atoms with Gasteiger partial charge >= 0.3 is 0 Å². The molecule has 0 saturated carbocycles. The maximum Gasteiger partial charge on any atom is 0.266 e. The Morgan fingerprint density at radius 2 is 1.94 bits per heavy atom. The Morgan fingerprint density at radius 3 is 2.84 bits per heavy atom. The minimum Gasteiger partial charge on any atom is -0.494 e. The molecule has 9 heteroatoms. The number of hydrogen-bond donors (Lipinski definition) is 0. The van der Waals surface area contributed by atoms with Gasteiger partial charge in [0.2, 0.25) is 18.5 Å². The van der Waals surface area contributed by atoms with Gasteiger partial charge in [-0.25, -0.2) is 4.68 Å². The molecule has 1 aliphatic rings. The zero-order valence-corrected chi connectivity index (χ0v) is 17.4. The highest BCUT2D eigenvalue weighted by molar-refractivity contribution is 5.63. The van der Waals surface area contributed by atoms with E-state index in [1.807, 2.05) is 49.4 Å². The molecule has 4 aromatic rings. The summed E-state index contributed by atoms with van der Waals surface area (Å²) in [7, 11) is 0. The minimum atomic E-state index is -0.210. The third-order valence-corrected chi connectivity index (χ3v) is 4.94. The van der Waals surface area contributed by atoms with Gasteiger partial charge in [0.15, 0.2) is 11.5 Å². The number of benzene rings is 2. The van der Waals surface area contributed by atoms with Crippen molar-refractivity contribution in [2.24, 2.45) is 0 Å². The summed E-state index contributed by atoms with van der Waals surface area (Å²) >= 11 is 0. The second-order valence-electron chi connectivity index (χ2n) is 7.07. The Balaban J connectivity index is 1.32. The number of nitrogens with zero attached hydrogens (tertiary/aromatic N) is 4. The zero-order valence-electron chi connectivity index (χ0n) is 17.4. The molecule has 9 nitrogen and oxygen atoms in total. The van der Waals surface area contributed by atoms with E-state index in [1.165, 1.54) is 10.7 Å². The van der Waals surface area contributed by atoms with Crippen LogP contribution in [0.5, 0.6) is 17.2 Å². The predicted octanol–water partition coefficient (Wildman–Crippen LogP) is 3.33. The molecule has 162 valence electrons. The normalized spacial score (nSPS) is 12.2. The van der Waals surface area contributed by atoms with Gasteiger partial charge in [0, 0.05) is 23.6 Å². The third kappa shape index (κ3) is 4.04. The van der Waals surface area contributed by atoms with E-state index in [2.05, 4.69) is 15.2 Å². The molecule has 0 N–H and O–H groups in total. The van der Waals surface area contributed by atoms with Crippen LogP contribution in [0.1, 0.15) is 12.8 Å². The predicted molar refractivity (Wildman–Crippen MR) is 115 cm³/mol. The van der Waals surface area contributed by atoms with Crippen molar-refractivity contribution in [1.29, 1.82) is 0 Å². The van der Waals surface area contributed by atoms with Crippen LogP contribution in [0.15, 0.2) is 63.9 Å². The van der Waals surface area contributed by atoms with Gasteiger partial charge in [-0.15, -0.1) is 0 Å². The monoisotopic (exact) mass is 432 g/mol. The molecule has 0 spiro atoms. The van der Waals surface area contributed by atoms with E-state index in [9.17, 15) is 4.79 Å². The highest BCUT2D eigenvalue weighted by atomic mass is 16.7. The van der Waals surface area contributed by atoms with Gasteiger partial charge in [-0.1, -0.05) is 17.3 Å². The van der Waals surface area contributed by atoms with Crippen LogP contribution >= 0.6 is 0 Å². The van der Waals surface area contributed by atoms with Crippen molar-refractivity contribution in [3.8, 4) is 39.9 Å². The van der Waals surface area contributed by atoms with E-state index >= 15 is 0 Å². The Labute approximate surface area is 183 Å². The first kappa shape index (κ1) is 19.8. The first-order valence-corrected chi connectivity index (χ1v) is 10.2. The fourth-order valence-electron chi connectivity index (χ4n) is 3.39. The molecule has 0 unspecified atom stereocenters. The van der Waals surface area contributed by atoms with Gasteiger partial charge in [0.25, 0.3) is 5.56 Å². The van der Waals surface area contributed by atoms with Gasteiger partial charge in [-0.3, -0.25) is 4.79 Å². The molecule has 1 aliphatic heterocycles. The standard InChI is InChI=1S/C23H20N4O5/c1-2-29-17-5-3-4-16(12-17)23-24-21(32-26-23)10-11-27-22(28)9-7-18(25-27)15-6-8-19-20(13-15)31-14-30-19/h3-9,12-13H,2,10-11,14H2,1H3. The van der Waals surface area contributed by atoms with Gasteiger partial charge in [-0.05, 0) is 43.3 Å². The van der Waals surface area contributed by atoms with E-state index < -0.39 is 0 Å². The molecule has 0 atom stereocenters. The van der Waals surface area contributed by atoms with Crippen LogP contribution in [0, 0.1) is 0 Å². The smallest absolute Gasteiger partial charge is 0.266 e. The van der Waals surface area contributed by atoms with Crippen LogP contribution in [0.2, 0.25) is 0 Å². The van der Waals surface area contributed by atoms with E-state index in [0.717, 1.165) is 16.9 Å². The molecule has 0 saturated heterocycles. The van der Waals surface area contributed by atoms with E-state index in [-0.39, 0.29) is 12.4 Å². The van der Waals surface area contributed by atoms with Crippen molar-refractivity contribution < 1.29 is 18.7 Å². The quantitative estimate of drug-likeness (QED) is 0.438. The Morgan fingerprint density at radius 1 is 1.03 bits per heavy atom. The third-order valence-electron chi connectivity index (χ3n) is 4.94. The largest absolute Gasteiger partial charge is 0.494 e. The molecule has 5 rings (SSSR count). The molecular formula is C23H20N4O5. The molecule has 0 radical (unpaired) electrons. The summed E-state index contributed by atoms with van der Waals surface area (Å²) in [4.78, 5) is 16.8. The van der Waals surface area contributed by atoms with Crippen LogP contribution < -0.4 is 19.8 Å². The minimum absolute atomic E-state index is 0.202. The lowest BCUT2D eigenvalue weighted by molar-refractivity contribution is 0.174. The molecule has 2 aromatic carbocycles. The summed E-state index contributed by atoms with van der Waals surface area (Å²) in [6.07, 6.45) is 0.371. The number of ether oxygens (including phenoxy) is 3. The number of aryl methyl sites for hydroxylation is 2. The first-order valence-electron chi connectivity index (χ1n) is 10.2. The summed E-state index contributed by atoms with van der Waals surface area (Å²) in [6.45, 7) is 3.01. The maximum absolute atomic E-state index is 12.3. The first-order chi connectivity index (χ1) is 15.7. The molecule has 0 amide bonds. The van der Waals surface area contributed by atoms with Crippen LogP contribution in [0.4, 0.5) is 0 Å². The van der Waals surface area contributed by atoms with Crippen LogP contribution in [0.25, 0.3) is 22.6 Å². The number of rotatable bonds is 7. The van der Waals surface area contributed by atoms with Crippen LogP contribution in [-0.2, 0) is 13.0 Å². The topological polar surface area (TPSA) is 102 Å². The average molecular weight is 432 g/mol. The average Bonchev–Trinajstić information content (AvgIpc) is 3.48. The molecule has 3 heterocycles. The van der Waals surface area contributed by atoms with Crippen molar-refractivity contribution >= 4 is 0 Å². The van der Waals surface area contributed by atoms with Crippen LogP contribution in [0.3, 0.4) is 0 Å². The lowest BCUT2D eigenvalue weighted by atomic mass is 10.1. The van der Waals surface area contributed by atoms with Gasteiger partial charge in [0.1, 0.15) is 5.75 Å². The lowest BCUT2D eigenvalue weighted by Crippen LogP contribution is -2.23. The Hall–Kier alpha value is -4.14. The van der Waals surface area contributed by atoms with Crippen molar-refractivity contribution in [1.82, 2.24) is 19.9 Å². The fraction of sp³-hybridized carbons (Fsp3) is 0.217. The molecule has 0 bridgehead atoms. The summed E-state index contributed by atoms with van der Waals surface area (Å²) in [5, 5.41) is 8.53. The Kier molecular flexibility index (Phi) is 5.29. The Bertz CT molecular complexity index is 1310. The molecule has 0 aliphatic carbocycles. The summed E-state index contributed by atoms with van der Waals surface area (Å²) in [5.41, 5.74) is 2.07. The molecule has 32 heavy (non-hydrogen) atoms. The van der Waals surface area contributed by atoms with Crippen molar-refractivity contribution in [2.75, 3.05) is 13.4 Å². The lowest BCUT2D eigenvalue weighted by Gasteiger charge is -2.06. The summed E-state index contributed by atoms with van der Waals surface area (Å²) < 4.78 is 23.0. The number of hydrogen-bond acceptors (Lipinski definition) is 8. The summed E-state index contributed by atoms with van der Waals surface area (Å²) in [6, 6.07) is 16.2. The van der Waals surface area contributed by atoms with Crippen LogP contribution in [-0.4, -0.2) is 33.3 Å². The zero-order chi connectivity index (χ0) is 21.9. The number of fused-ring (bicyclic) bond motifs is 1. The van der Waals surface area contributed by atoms with Gasteiger partial charge in [0.05, 0.1) is 18.8 Å². The SMILES string of the molecule is CCOc1cccc(-c2noc(CCn3nc(-c4ccc5c(c4)OCO5)ccc3=O)n2)c1. The van der Waals surface area contributed by atoms with Gasteiger partial charge in [-0.2, -0.15) is 10.1 Å². The van der Waals surface area contributed by atoms with Gasteiger partial charge < -0.3 is 18.7 Å². The van der Waals surface area contributed by atoms with E-state index in [0.29, 0.717) is 48.5 Å².